The third kappa shape index (κ3) is 12.5. The van der Waals surface area contributed by atoms with Crippen molar-refractivity contribution in [2.24, 2.45) is 17.8 Å². The van der Waals surface area contributed by atoms with Crippen LogP contribution in [-0.4, -0.2) is 129 Å². The highest BCUT2D eigenvalue weighted by molar-refractivity contribution is 5.69. The molecule has 3 fully saturated rings. The van der Waals surface area contributed by atoms with Crippen molar-refractivity contribution in [3.63, 3.8) is 0 Å². The van der Waals surface area contributed by atoms with Crippen LogP contribution < -0.4 is 0 Å². The van der Waals surface area contributed by atoms with Gasteiger partial charge in [0, 0.05) is 66.2 Å². The molecular weight excluding hydrogens is 736 g/mol. The molecule has 0 bridgehead atoms. The Labute approximate surface area is 319 Å². The summed E-state index contributed by atoms with van der Waals surface area (Å²) in [5.74, 6) is -6.73. The molecule has 3 aliphatic heterocycles. The second-order valence-corrected chi connectivity index (χ2v) is 13.8. The molecule has 0 aromatic rings. The summed E-state index contributed by atoms with van der Waals surface area (Å²) in [5, 5.41) is 0. The van der Waals surface area contributed by atoms with E-state index in [1.165, 1.54) is 20.8 Å². The molecule has 3 aliphatic rings. The molecule has 0 spiro atoms. The largest absolute Gasteiger partial charge is 0.458 e. The van der Waals surface area contributed by atoms with E-state index in [9.17, 15) is 33.6 Å². The molecule has 312 valence electrons. The van der Waals surface area contributed by atoms with Gasteiger partial charge < -0.3 is 56.8 Å². The molecule has 0 amide bonds. The van der Waals surface area contributed by atoms with Crippen molar-refractivity contribution in [2.75, 3.05) is 13.2 Å². The molecule has 1 unspecified atom stereocenters. The van der Waals surface area contributed by atoms with Gasteiger partial charge in [0.2, 0.25) is 12.4 Å². The maximum Gasteiger partial charge on any atom is 0.305 e. The van der Waals surface area contributed by atoms with Crippen LogP contribution in [0.5, 0.6) is 0 Å². The predicted octanol–water partition coefficient (Wildman–Crippen LogP) is 1.67. The van der Waals surface area contributed by atoms with Gasteiger partial charge in [-0.1, -0.05) is 27.7 Å². The minimum atomic E-state index is -1.51. The highest BCUT2D eigenvalue weighted by atomic mass is 16.8. The lowest BCUT2D eigenvalue weighted by Gasteiger charge is -2.47. The number of rotatable bonds is 14. The predicted molar refractivity (Wildman–Crippen MR) is 181 cm³/mol. The molecule has 15 atom stereocenters. The zero-order valence-electron chi connectivity index (χ0n) is 33.0. The van der Waals surface area contributed by atoms with Crippen molar-refractivity contribution in [1.82, 2.24) is 0 Å². The lowest BCUT2D eigenvalue weighted by atomic mass is 9.88. The van der Waals surface area contributed by atoms with E-state index in [1.807, 2.05) is 6.92 Å². The summed E-state index contributed by atoms with van der Waals surface area (Å²) >= 11 is 0. The van der Waals surface area contributed by atoms with Crippen molar-refractivity contribution in [3.05, 3.63) is 0 Å². The van der Waals surface area contributed by atoms with E-state index in [0.29, 0.717) is 6.42 Å². The Hall–Kier alpha value is -3.91. The second kappa shape index (κ2) is 20.3. The second-order valence-electron chi connectivity index (χ2n) is 13.8. The Kier molecular flexibility index (Phi) is 16.8. The van der Waals surface area contributed by atoms with E-state index in [4.69, 9.17) is 56.8 Å². The minimum Gasteiger partial charge on any atom is -0.458 e. The molecule has 0 radical (unpaired) electrons. The number of ether oxygens (including phenoxy) is 12. The van der Waals surface area contributed by atoms with Gasteiger partial charge in [-0.3, -0.25) is 33.6 Å². The Morgan fingerprint density at radius 3 is 0.945 bits per heavy atom. The smallest absolute Gasteiger partial charge is 0.305 e. The molecule has 0 aliphatic carbocycles. The zero-order valence-corrected chi connectivity index (χ0v) is 33.0. The van der Waals surface area contributed by atoms with E-state index < -0.39 is 127 Å². The zero-order chi connectivity index (χ0) is 41.3. The number of hydrogen-bond acceptors (Lipinski definition) is 19. The van der Waals surface area contributed by atoms with E-state index in [-0.39, 0.29) is 19.1 Å². The maximum atomic E-state index is 12.4. The van der Waals surface area contributed by atoms with E-state index in [0.717, 1.165) is 27.7 Å². The monoisotopic (exact) mass is 790 g/mol. The molecule has 19 heteroatoms. The quantitative estimate of drug-likeness (QED) is 0.180. The van der Waals surface area contributed by atoms with Crippen molar-refractivity contribution in [3.8, 4) is 0 Å². The van der Waals surface area contributed by atoms with E-state index in [2.05, 4.69) is 0 Å². The summed E-state index contributed by atoms with van der Waals surface area (Å²) in [6, 6.07) is 0. The molecule has 0 aromatic heterocycles. The average Bonchev–Trinajstić information content (AvgIpc) is 3.06. The highest BCUT2D eigenvalue weighted by Crippen LogP contribution is 2.37. The first kappa shape index (κ1) is 45.5. The summed E-state index contributed by atoms with van der Waals surface area (Å²) in [5.41, 5.74) is 0. The van der Waals surface area contributed by atoms with Crippen LogP contribution in [-0.2, 0) is 90.4 Å². The van der Waals surface area contributed by atoms with Gasteiger partial charge in [-0.05, 0) is 6.42 Å². The van der Waals surface area contributed by atoms with Gasteiger partial charge in [-0.15, -0.1) is 0 Å². The summed E-state index contributed by atoms with van der Waals surface area (Å²) in [6.45, 7) is 14.5. The third-order valence-corrected chi connectivity index (χ3v) is 9.36. The van der Waals surface area contributed by atoms with Gasteiger partial charge in [-0.2, -0.15) is 0 Å². The molecule has 0 saturated carbocycles. The first-order valence-corrected chi connectivity index (χ1v) is 18.1. The average molecular weight is 791 g/mol. The van der Waals surface area contributed by atoms with Crippen molar-refractivity contribution >= 4 is 41.8 Å². The van der Waals surface area contributed by atoms with Gasteiger partial charge >= 0.3 is 41.8 Å². The number of esters is 7. The molecule has 55 heavy (non-hydrogen) atoms. The van der Waals surface area contributed by atoms with Gasteiger partial charge in [0.05, 0.1) is 31.5 Å². The molecule has 19 nitrogen and oxygen atoms in total. The Morgan fingerprint density at radius 1 is 0.382 bits per heavy atom. The van der Waals surface area contributed by atoms with Crippen LogP contribution in [0.1, 0.15) is 82.6 Å². The minimum absolute atomic E-state index is 0.269. The Balaban J connectivity index is 1.94. The van der Waals surface area contributed by atoms with Crippen LogP contribution in [0, 0.1) is 17.8 Å². The Morgan fingerprint density at radius 2 is 0.636 bits per heavy atom. The topological polar surface area (TPSA) is 230 Å². The normalized spacial score (nSPS) is 36.0. The molecular formula is C36H54O19. The standard InChI is InChI=1S/C36H54O19/c1-12-25-15(2)28(46-18(5)37)31(49-21(8)40)34(53-25)44-13-26-16(3)29(47-19(6)38)32(50-22(9)41)35(54-26)45-14-27-17(4)30(48-20(7)39)33(51-23(10)42)36(55-27)52-24(11)43/h15-17,25-36H,12-14H2,1-11H3/t15-,16-,17-,25-,26-,27-,28+,29+,30+,31-,32-,33-,34-,35-,36?/m1/s1. The fourth-order valence-corrected chi connectivity index (χ4v) is 6.91. The van der Waals surface area contributed by atoms with Crippen LogP contribution in [0.3, 0.4) is 0 Å². The first-order valence-electron chi connectivity index (χ1n) is 18.1. The van der Waals surface area contributed by atoms with Gasteiger partial charge in [0.1, 0.15) is 18.3 Å². The van der Waals surface area contributed by atoms with Crippen molar-refractivity contribution in [2.45, 2.75) is 156 Å². The van der Waals surface area contributed by atoms with Crippen LogP contribution in [0.4, 0.5) is 0 Å². The summed E-state index contributed by atoms with van der Waals surface area (Å²) < 4.78 is 69.4. The maximum absolute atomic E-state index is 12.4. The fraction of sp³-hybridized carbons (Fsp3) is 0.806. The van der Waals surface area contributed by atoms with Gasteiger partial charge in [0.25, 0.3) is 0 Å². The first-order chi connectivity index (χ1) is 25.7. The van der Waals surface area contributed by atoms with Crippen LogP contribution >= 0.6 is 0 Å². The Bertz CT molecular complexity index is 1380. The number of hydrogen-bond donors (Lipinski definition) is 0. The SMILES string of the molecule is CC[C@H]1O[C@@H](OC[C@H]2O[C@@H](OC[C@H]3OC(OC(C)=O)[C@H](OC(C)=O)[C@@H](OC(C)=O)[C@@H]3C)[C@H](OC(C)=O)[C@@H](OC(C)=O)[C@@H]2C)[C@H](OC(C)=O)[C@@H](OC(C)=O)[C@@H]1C. The van der Waals surface area contributed by atoms with Crippen LogP contribution in [0.2, 0.25) is 0 Å². The van der Waals surface area contributed by atoms with E-state index in [1.54, 1.807) is 20.8 Å². The van der Waals surface area contributed by atoms with Crippen LogP contribution in [0.15, 0.2) is 0 Å². The molecule has 0 aromatic carbocycles. The van der Waals surface area contributed by atoms with Crippen molar-refractivity contribution in [1.29, 1.82) is 0 Å². The molecule has 3 saturated heterocycles. The lowest BCUT2D eigenvalue weighted by Crippen LogP contribution is -2.61. The highest BCUT2D eigenvalue weighted by Gasteiger charge is 2.53. The third-order valence-electron chi connectivity index (χ3n) is 9.36. The summed E-state index contributed by atoms with van der Waals surface area (Å²) in [7, 11) is 0. The molecule has 3 heterocycles. The summed E-state index contributed by atoms with van der Waals surface area (Å²) in [6.07, 6.45) is -13.0. The van der Waals surface area contributed by atoms with Gasteiger partial charge in [-0.25, -0.2) is 0 Å². The number of carbonyl (C=O) groups is 7. The van der Waals surface area contributed by atoms with Crippen molar-refractivity contribution < 1.29 is 90.4 Å². The fourth-order valence-electron chi connectivity index (χ4n) is 6.91. The summed E-state index contributed by atoms with van der Waals surface area (Å²) in [4.78, 5) is 85.0. The molecule has 0 N–H and O–H groups in total. The van der Waals surface area contributed by atoms with E-state index >= 15 is 0 Å². The van der Waals surface area contributed by atoms with Gasteiger partial charge in [0.15, 0.2) is 24.8 Å². The lowest BCUT2D eigenvalue weighted by molar-refractivity contribution is -0.331. The molecule has 3 rings (SSSR count). The number of carbonyl (C=O) groups excluding carboxylic acids is 7. The van der Waals surface area contributed by atoms with Crippen LogP contribution in [0.25, 0.3) is 0 Å².